The summed E-state index contributed by atoms with van der Waals surface area (Å²) < 4.78 is 54.9. The average molecular weight is 614 g/mol. The number of nitrogens with one attached hydrogen (secondary N) is 1. The molecular formula is C31H34F3N5O3S. The summed E-state index contributed by atoms with van der Waals surface area (Å²) in [7, 11) is -0.726. The third kappa shape index (κ3) is 8.16. The second-order valence-electron chi connectivity index (χ2n) is 11.1. The summed E-state index contributed by atoms with van der Waals surface area (Å²) in [5.41, 5.74) is 2.46. The summed E-state index contributed by atoms with van der Waals surface area (Å²) in [6.45, 7) is 1.53. The fourth-order valence-corrected chi connectivity index (χ4v) is 6.37. The van der Waals surface area contributed by atoms with Gasteiger partial charge in [-0.1, -0.05) is 43.5 Å². The predicted molar refractivity (Wildman–Crippen MR) is 158 cm³/mol. The number of alkyl halides is 3. The van der Waals surface area contributed by atoms with Crippen molar-refractivity contribution in [3.63, 3.8) is 0 Å². The second-order valence-corrected chi connectivity index (χ2v) is 12.8. The monoisotopic (exact) mass is 613 g/mol. The van der Waals surface area contributed by atoms with Gasteiger partial charge in [0.05, 0.1) is 12.3 Å². The number of carbonyl (C=O) groups excluding carboxylic acids is 1. The Morgan fingerprint density at radius 2 is 1.70 bits per heavy atom. The minimum atomic E-state index is -4.77. The summed E-state index contributed by atoms with van der Waals surface area (Å²) in [5, 5.41) is 15.9. The van der Waals surface area contributed by atoms with Crippen LogP contribution < -0.4 is 15.0 Å². The molecule has 1 aromatic heterocycles. The number of hydrogen-bond donors (Lipinski definition) is 1. The highest BCUT2D eigenvalue weighted by Crippen LogP contribution is 2.36. The first kappa shape index (κ1) is 30.6. The molecule has 3 aromatic rings. The van der Waals surface area contributed by atoms with E-state index in [1.165, 1.54) is 29.3 Å². The number of para-hydroxylation sites is 2. The van der Waals surface area contributed by atoms with Crippen LogP contribution in [-0.4, -0.2) is 56.4 Å². The number of amides is 1. The quantitative estimate of drug-likeness (QED) is 0.380. The number of anilines is 1. The van der Waals surface area contributed by atoms with Crippen LogP contribution in [0.3, 0.4) is 0 Å². The molecule has 43 heavy (non-hydrogen) atoms. The summed E-state index contributed by atoms with van der Waals surface area (Å²) in [5.74, 6) is 1.33. The van der Waals surface area contributed by atoms with Crippen molar-refractivity contribution in [3.05, 3.63) is 60.9 Å². The molecule has 2 heterocycles. The van der Waals surface area contributed by atoms with Gasteiger partial charge in [0.25, 0.3) is 0 Å². The Morgan fingerprint density at radius 3 is 2.33 bits per heavy atom. The Morgan fingerprint density at radius 1 is 1.02 bits per heavy atom. The van der Waals surface area contributed by atoms with Gasteiger partial charge in [0, 0.05) is 58.8 Å². The maximum absolute atomic E-state index is 12.6. The lowest BCUT2D eigenvalue weighted by atomic mass is 9.88. The molecule has 0 unspecified atom stereocenters. The Hall–Kier alpha value is -3.85. The summed E-state index contributed by atoms with van der Waals surface area (Å²) in [6.07, 6.45) is 5.76. The van der Waals surface area contributed by atoms with Gasteiger partial charge in [0.2, 0.25) is 5.91 Å². The van der Waals surface area contributed by atoms with Gasteiger partial charge in [-0.25, -0.2) is 4.68 Å². The third-order valence-electron chi connectivity index (χ3n) is 7.97. The van der Waals surface area contributed by atoms with E-state index in [1.54, 1.807) is 18.5 Å². The van der Waals surface area contributed by atoms with Crippen LogP contribution in [0.1, 0.15) is 44.9 Å². The first-order chi connectivity index (χ1) is 20.6. The molecule has 0 spiro atoms. The molecular weight excluding hydrogens is 579 g/mol. The Labute approximate surface area is 251 Å². The van der Waals surface area contributed by atoms with Crippen molar-refractivity contribution in [2.24, 2.45) is 5.92 Å². The molecule has 2 aliphatic carbocycles. The topological polar surface area (TPSA) is 100 Å². The number of nitriles is 1. The van der Waals surface area contributed by atoms with Gasteiger partial charge in [-0.05, 0) is 55.5 Å². The molecule has 1 amide bonds. The van der Waals surface area contributed by atoms with Crippen LogP contribution in [0.5, 0.6) is 5.75 Å². The van der Waals surface area contributed by atoms with Crippen LogP contribution in [-0.2, 0) is 15.6 Å². The fourth-order valence-electron chi connectivity index (χ4n) is 5.31. The Kier molecular flexibility index (Phi) is 9.40. The van der Waals surface area contributed by atoms with Crippen LogP contribution >= 0.6 is 0 Å². The van der Waals surface area contributed by atoms with Crippen LogP contribution in [0.2, 0.25) is 0 Å². The lowest BCUT2D eigenvalue weighted by molar-refractivity contribution is -0.274. The van der Waals surface area contributed by atoms with Crippen LogP contribution in [0.4, 0.5) is 18.9 Å². The molecule has 0 bridgehead atoms. The van der Waals surface area contributed by atoms with Gasteiger partial charge in [-0.3, -0.25) is 9.00 Å². The number of halogens is 3. The molecule has 228 valence electrons. The fraction of sp³-hybridized carbons (Fsp3) is 0.452. The van der Waals surface area contributed by atoms with Gasteiger partial charge in [-0.2, -0.15) is 10.4 Å². The molecule has 12 heteroatoms. The van der Waals surface area contributed by atoms with Crippen molar-refractivity contribution in [2.45, 2.75) is 56.8 Å². The average Bonchev–Trinajstić information content (AvgIpc) is 3.61. The highest BCUT2D eigenvalue weighted by Gasteiger charge is 2.45. The van der Waals surface area contributed by atoms with Gasteiger partial charge < -0.3 is 15.0 Å². The number of carbonyl (C=O) groups is 1. The lowest BCUT2D eigenvalue weighted by Gasteiger charge is -2.28. The minimum absolute atomic E-state index is 0.115. The highest BCUT2D eigenvalue weighted by molar-refractivity contribution is 7.85. The van der Waals surface area contributed by atoms with E-state index in [0.717, 1.165) is 68.4 Å². The van der Waals surface area contributed by atoms with E-state index >= 15 is 0 Å². The van der Waals surface area contributed by atoms with Gasteiger partial charge in [-0.15, -0.1) is 13.2 Å². The zero-order valence-electron chi connectivity index (χ0n) is 23.7. The van der Waals surface area contributed by atoms with Gasteiger partial charge >= 0.3 is 6.36 Å². The van der Waals surface area contributed by atoms with Gasteiger partial charge in [0.1, 0.15) is 11.2 Å². The van der Waals surface area contributed by atoms with E-state index < -0.39 is 22.7 Å². The summed E-state index contributed by atoms with van der Waals surface area (Å²) >= 11 is 0. The first-order valence-corrected chi connectivity index (χ1v) is 16.0. The highest BCUT2D eigenvalue weighted by atomic mass is 32.2. The van der Waals surface area contributed by atoms with Gasteiger partial charge in [0.15, 0.2) is 5.75 Å². The number of nitrogens with zero attached hydrogens (tertiary/aromatic N) is 4. The van der Waals surface area contributed by atoms with Crippen molar-refractivity contribution in [2.75, 3.05) is 29.5 Å². The van der Waals surface area contributed by atoms with E-state index in [0.29, 0.717) is 11.5 Å². The second kappa shape index (κ2) is 13.2. The molecule has 2 aromatic carbocycles. The molecule has 1 aliphatic heterocycles. The largest absolute Gasteiger partial charge is 0.573 e. The van der Waals surface area contributed by atoms with E-state index in [9.17, 15) is 22.2 Å². The molecule has 0 atom stereocenters. The Bertz CT molecular complexity index is 1460. The van der Waals surface area contributed by atoms with Crippen molar-refractivity contribution >= 4 is 22.4 Å². The van der Waals surface area contributed by atoms with E-state index in [1.807, 2.05) is 24.3 Å². The maximum Gasteiger partial charge on any atom is 0.573 e. The number of benzene rings is 2. The molecule has 8 nitrogen and oxygen atoms in total. The van der Waals surface area contributed by atoms with E-state index in [-0.39, 0.29) is 23.3 Å². The maximum atomic E-state index is 12.6. The molecule has 3 aliphatic rings. The number of ether oxygens (including phenoxy) is 1. The summed E-state index contributed by atoms with van der Waals surface area (Å²) in [6, 6.07) is 15.9. The van der Waals surface area contributed by atoms with Crippen molar-refractivity contribution < 1.29 is 26.9 Å². The number of rotatable bonds is 6. The molecule has 6 rings (SSSR count). The molecule has 1 N–H and O–H groups in total. The molecule has 1 saturated heterocycles. The van der Waals surface area contributed by atoms with Crippen molar-refractivity contribution in [3.8, 4) is 28.6 Å². The first-order valence-electron chi connectivity index (χ1n) is 14.5. The number of aromatic nitrogens is 2. The minimum Gasteiger partial charge on any atom is -0.403 e. The zero-order valence-corrected chi connectivity index (χ0v) is 24.5. The standard InChI is InChI=1S/C20H18F3N3O2S.C11H16N2O/c21-20(22,23)28-19-4-2-1-3-18(19)26-14-16(13-24-26)15-5-7-17(8-6-15)25-9-11-29(27)12-10-25;12-8-11(6-7-11)13-10(14)9-4-2-1-3-5-9/h1-8,13-14H,9-12H2;9H,1-7H2,(H,13,14). The zero-order chi connectivity index (χ0) is 30.5. The van der Waals surface area contributed by atoms with E-state index in [2.05, 4.69) is 26.1 Å². The number of hydrogen-bond acceptors (Lipinski definition) is 6. The van der Waals surface area contributed by atoms with Crippen LogP contribution in [0.15, 0.2) is 60.9 Å². The van der Waals surface area contributed by atoms with Crippen molar-refractivity contribution in [1.29, 1.82) is 5.26 Å². The molecule has 3 fully saturated rings. The molecule has 2 saturated carbocycles. The lowest BCUT2D eigenvalue weighted by Crippen LogP contribution is -2.40. The van der Waals surface area contributed by atoms with Crippen LogP contribution in [0, 0.1) is 17.2 Å². The Balaban J connectivity index is 0.000000220. The smallest absolute Gasteiger partial charge is 0.403 e. The predicted octanol–water partition coefficient (Wildman–Crippen LogP) is 5.75. The van der Waals surface area contributed by atoms with Crippen LogP contribution in [0.25, 0.3) is 16.8 Å². The van der Waals surface area contributed by atoms with Crippen molar-refractivity contribution in [1.82, 2.24) is 15.1 Å². The summed E-state index contributed by atoms with van der Waals surface area (Å²) in [4.78, 5) is 13.9. The third-order valence-corrected chi connectivity index (χ3v) is 9.24. The van der Waals surface area contributed by atoms with E-state index in [4.69, 9.17) is 5.26 Å². The molecule has 0 radical (unpaired) electrons. The normalized spacial score (nSPS) is 18.6. The SMILES string of the molecule is N#CC1(NC(=O)C2CCCCC2)CC1.O=S1CCN(c2ccc(-c3cnn(-c4ccccc4OC(F)(F)F)c3)cc2)CC1.